The normalized spacial score (nSPS) is 16.1. The van der Waals surface area contributed by atoms with Gasteiger partial charge in [0.1, 0.15) is 17.8 Å². The molecule has 2 aromatic carbocycles. The summed E-state index contributed by atoms with van der Waals surface area (Å²) in [5.41, 5.74) is 5.57. The van der Waals surface area contributed by atoms with E-state index >= 15 is 0 Å². The molecule has 4 aromatic rings. The van der Waals surface area contributed by atoms with Gasteiger partial charge in [0.15, 0.2) is 0 Å². The first-order valence-corrected chi connectivity index (χ1v) is 12.0. The average Bonchev–Trinajstić information content (AvgIpc) is 3.32. The predicted molar refractivity (Wildman–Crippen MR) is 136 cm³/mol. The number of fused-ring (bicyclic) bond motifs is 1. The van der Waals surface area contributed by atoms with Crippen molar-refractivity contribution in [1.29, 1.82) is 0 Å². The highest BCUT2D eigenvalue weighted by molar-refractivity contribution is 5.91. The SMILES string of the molecule is CCON1CCN(Cc2ccc(-c3cc4c(NC(C)c5ccccc5)ncnc4[nH]3)cc2)CC1. The maximum absolute atomic E-state index is 5.61. The summed E-state index contributed by atoms with van der Waals surface area (Å²) in [7, 11) is 0. The number of piperazine rings is 1. The smallest absolute Gasteiger partial charge is 0.143 e. The van der Waals surface area contributed by atoms with Gasteiger partial charge in [0.25, 0.3) is 0 Å². The number of hydrogen-bond acceptors (Lipinski definition) is 6. The minimum Gasteiger partial charge on any atom is -0.363 e. The Morgan fingerprint density at radius 1 is 1.00 bits per heavy atom. The molecule has 1 aliphatic heterocycles. The summed E-state index contributed by atoms with van der Waals surface area (Å²) in [6.45, 7) is 9.86. The van der Waals surface area contributed by atoms with Gasteiger partial charge in [-0.2, -0.15) is 5.06 Å². The van der Waals surface area contributed by atoms with E-state index < -0.39 is 0 Å². The van der Waals surface area contributed by atoms with Gasteiger partial charge in [0.05, 0.1) is 12.0 Å². The molecular weight excluding hydrogens is 424 g/mol. The van der Waals surface area contributed by atoms with Gasteiger partial charge in [-0.25, -0.2) is 9.97 Å². The summed E-state index contributed by atoms with van der Waals surface area (Å²) in [6, 6.07) is 21.5. The van der Waals surface area contributed by atoms with Crippen molar-refractivity contribution < 1.29 is 4.84 Å². The molecule has 34 heavy (non-hydrogen) atoms. The quantitative estimate of drug-likeness (QED) is 0.394. The maximum Gasteiger partial charge on any atom is 0.143 e. The molecule has 0 spiro atoms. The number of benzene rings is 2. The second-order valence-corrected chi connectivity index (χ2v) is 8.76. The standard InChI is InChI=1S/C27H32N6O/c1-3-34-33-15-13-32(14-16-33)18-21-9-11-23(12-10-21)25-17-24-26(28-19-29-27(24)31-25)30-20(2)22-7-5-4-6-8-22/h4-12,17,19-20H,3,13-16,18H2,1-2H3,(H2,28,29,30,31). The van der Waals surface area contributed by atoms with Crippen LogP contribution < -0.4 is 5.32 Å². The predicted octanol–water partition coefficient (Wildman–Crippen LogP) is 4.87. The van der Waals surface area contributed by atoms with E-state index in [-0.39, 0.29) is 6.04 Å². The van der Waals surface area contributed by atoms with E-state index in [0.29, 0.717) is 0 Å². The Morgan fingerprint density at radius 3 is 2.50 bits per heavy atom. The third kappa shape index (κ3) is 5.12. The van der Waals surface area contributed by atoms with Gasteiger partial charge in [-0.3, -0.25) is 9.74 Å². The molecule has 1 fully saturated rings. The molecule has 1 aliphatic rings. The van der Waals surface area contributed by atoms with Crippen molar-refractivity contribution in [3.63, 3.8) is 0 Å². The van der Waals surface area contributed by atoms with Gasteiger partial charge in [-0.1, -0.05) is 54.6 Å². The Labute approximate surface area is 200 Å². The summed E-state index contributed by atoms with van der Waals surface area (Å²) in [6.07, 6.45) is 1.61. The highest BCUT2D eigenvalue weighted by Crippen LogP contribution is 2.29. The molecule has 0 radical (unpaired) electrons. The molecule has 0 saturated carbocycles. The van der Waals surface area contributed by atoms with E-state index in [1.54, 1.807) is 6.33 Å². The minimum absolute atomic E-state index is 0.146. The van der Waals surface area contributed by atoms with Crippen LogP contribution in [0.3, 0.4) is 0 Å². The van der Waals surface area contributed by atoms with Gasteiger partial charge in [-0.15, -0.1) is 0 Å². The number of aromatic amines is 1. The highest BCUT2D eigenvalue weighted by Gasteiger charge is 2.17. The van der Waals surface area contributed by atoms with E-state index in [1.807, 2.05) is 13.0 Å². The molecule has 7 heteroatoms. The van der Waals surface area contributed by atoms with Crippen LogP contribution in [0.4, 0.5) is 5.82 Å². The van der Waals surface area contributed by atoms with Crippen LogP contribution >= 0.6 is 0 Å². The lowest BCUT2D eigenvalue weighted by Gasteiger charge is -2.33. The van der Waals surface area contributed by atoms with Gasteiger partial charge < -0.3 is 10.3 Å². The number of rotatable bonds is 8. The summed E-state index contributed by atoms with van der Waals surface area (Å²) in [5.74, 6) is 0.840. The molecule has 1 unspecified atom stereocenters. The van der Waals surface area contributed by atoms with Crippen LogP contribution in [-0.2, 0) is 11.4 Å². The monoisotopic (exact) mass is 456 g/mol. The fourth-order valence-electron chi connectivity index (χ4n) is 4.49. The second kappa shape index (κ2) is 10.3. The first kappa shape index (κ1) is 22.5. The lowest BCUT2D eigenvalue weighted by atomic mass is 10.1. The average molecular weight is 457 g/mol. The molecule has 0 amide bonds. The fourth-order valence-corrected chi connectivity index (χ4v) is 4.49. The molecule has 3 heterocycles. The molecule has 1 saturated heterocycles. The Balaban J connectivity index is 1.28. The van der Waals surface area contributed by atoms with Crippen LogP contribution in [0.2, 0.25) is 0 Å². The van der Waals surface area contributed by atoms with E-state index in [2.05, 4.69) is 91.8 Å². The molecule has 176 valence electrons. The Bertz CT molecular complexity index is 1200. The number of aromatic nitrogens is 3. The second-order valence-electron chi connectivity index (χ2n) is 8.76. The lowest BCUT2D eigenvalue weighted by Crippen LogP contribution is -2.45. The maximum atomic E-state index is 5.61. The van der Waals surface area contributed by atoms with Crippen molar-refractivity contribution in [2.24, 2.45) is 0 Å². The summed E-state index contributed by atoms with van der Waals surface area (Å²) < 4.78 is 0. The molecule has 2 aromatic heterocycles. The fraction of sp³-hybridized carbons (Fsp3) is 0.333. The lowest BCUT2D eigenvalue weighted by molar-refractivity contribution is -0.173. The zero-order valence-electron chi connectivity index (χ0n) is 19.9. The largest absolute Gasteiger partial charge is 0.363 e. The van der Waals surface area contributed by atoms with Crippen LogP contribution in [-0.4, -0.2) is 57.7 Å². The topological polar surface area (TPSA) is 69.3 Å². The summed E-state index contributed by atoms with van der Waals surface area (Å²) >= 11 is 0. The van der Waals surface area contributed by atoms with Crippen LogP contribution in [0, 0.1) is 0 Å². The minimum atomic E-state index is 0.146. The van der Waals surface area contributed by atoms with Gasteiger partial charge in [0.2, 0.25) is 0 Å². The third-order valence-corrected chi connectivity index (χ3v) is 6.39. The van der Waals surface area contributed by atoms with Crippen LogP contribution in [0.1, 0.15) is 31.0 Å². The van der Waals surface area contributed by atoms with Crippen molar-refractivity contribution in [2.75, 3.05) is 38.1 Å². The van der Waals surface area contributed by atoms with E-state index in [1.165, 1.54) is 11.1 Å². The van der Waals surface area contributed by atoms with Gasteiger partial charge in [-0.05, 0) is 36.6 Å². The van der Waals surface area contributed by atoms with E-state index in [4.69, 9.17) is 4.84 Å². The molecule has 5 rings (SSSR count). The van der Waals surface area contributed by atoms with Crippen molar-refractivity contribution in [3.8, 4) is 11.3 Å². The third-order valence-electron chi connectivity index (χ3n) is 6.39. The van der Waals surface area contributed by atoms with Crippen molar-refractivity contribution in [2.45, 2.75) is 26.4 Å². The van der Waals surface area contributed by atoms with Crippen molar-refractivity contribution in [1.82, 2.24) is 24.9 Å². The number of H-pyrrole nitrogens is 1. The first-order valence-electron chi connectivity index (χ1n) is 12.0. The molecule has 1 atom stereocenters. The Hall–Kier alpha value is -3.26. The van der Waals surface area contributed by atoms with Gasteiger partial charge in [0, 0.05) is 44.5 Å². The van der Waals surface area contributed by atoms with Gasteiger partial charge >= 0.3 is 0 Å². The number of hydrogen-bond donors (Lipinski definition) is 2. The summed E-state index contributed by atoms with van der Waals surface area (Å²) in [4.78, 5) is 20.5. The number of nitrogens with zero attached hydrogens (tertiary/aromatic N) is 4. The number of nitrogens with one attached hydrogen (secondary N) is 2. The Morgan fingerprint density at radius 2 is 1.76 bits per heavy atom. The summed E-state index contributed by atoms with van der Waals surface area (Å²) in [5, 5.41) is 6.61. The molecular formula is C27H32N6O. The van der Waals surface area contributed by atoms with Crippen LogP contribution in [0.25, 0.3) is 22.3 Å². The molecule has 7 nitrogen and oxygen atoms in total. The van der Waals surface area contributed by atoms with Crippen LogP contribution in [0.5, 0.6) is 0 Å². The Kier molecular flexibility index (Phi) is 6.85. The first-order chi connectivity index (χ1) is 16.7. The number of hydroxylamine groups is 2. The number of anilines is 1. The van der Waals surface area contributed by atoms with E-state index in [9.17, 15) is 0 Å². The molecule has 0 aliphatic carbocycles. The zero-order valence-corrected chi connectivity index (χ0v) is 19.9. The van der Waals surface area contributed by atoms with Crippen molar-refractivity contribution in [3.05, 3.63) is 78.1 Å². The van der Waals surface area contributed by atoms with Crippen LogP contribution in [0.15, 0.2) is 67.0 Å². The van der Waals surface area contributed by atoms with Crippen molar-refractivity contribution >= 4 is 16.9 Å². The van der Waals surface area contributed by atoms with E-state index in [0.717, 1.165) is 67.4 Å². The highest BCUT2D eigenvalue weighted by atomic mass is 16.7. The zero-order chi connectivity index (χ0) is 23.3. The molecule has 0 bridgehead atoms. The molecule has 2 N–H and O–H groups in total.